The molecule has 3 fully saturated rings. The van der Waals surface area contributed by atoms with Crippen molar-refractivity contribution in [2.75, 3.05) is 43.4 Å². The zero-order chi connectivity index (χ0) is 37.1. The van der Waals surface area contributed by atoms with E-state index < -0.39 is 6.04 Å². The highest BCUT2D eigenvalue weighted by Gasteiger charge is 2.39. The van der Waals surface area contributed by atoms with Crippen LogP contribution in [0.15, 0.2) is 64.1 Å². The Bertz CT molecular complexity index is 2380. The molecule has 3 amide bonds. The first-order chi connectivity index (χ1) is 26.2. The fourth-order valence-electron chi connectivity index (χ4n) is 8.80. The van der Waals surface area contributed by atoms with Crippen molar-refractivity contribution in [1.82, 2.24) is 29.9 Å². The van der Waals surface area contributed by atoms with Crippen molar-refractivity contribution < 1.29 is 18.8 Å². The highest BCUT2D eigenvalue weighted by atomic mass is 35.5. The smallest absolute Gasteiger partial charge is 0.255 e. The molecule has 3 aromatic heterocycles. The molecule has 2 aromatic carbocycles. The Balaban J connectivity index is 0.763. The first-order valence-corrected chi connectivity index (χ1v) is 19.2. The van der Waals surface area contributed by atoms with E-state index in [0.717, 1.165) is 68.9 Å². The molecule has 3 N–H and O–H groups in total. The molecule has 2 saturated heterocycles. The van der Waals surface area contributed by atoms with E-state index >= 15 is 0 Å². The molecule has 4 aliphatic rings. The molecular formula is C40H41ClN8O5. The fraction of sp³-hybridized carbons (Fsp3) is 0.400. The zero-order valence-corrected chi connectivity index (χ0v) is 30.6. The van der Waals surface area contributed by atoms with Crippen LogP contribution >= 0.6 is 11.6 Å². The predicted molar refractivity (Wildman–Crippen MR) is 205 cm³/mol. The van der Waals surface area contributed by atoms with Crippen molar-refractivity contribution >= 4 is 62.9 Å². The molecule has 14 heteroatoms. The molecule has 0 spiro atoms. The second-order valence-electron chi connectivity index (χ2n) is 15.2. The monoisotopic (exact) mass is 748 g/mol. The summed E-state index contributed by atoms with van der Waals surface area (Å²) in [5.74, 6) is 0.662. The Morgan fingerprint density at radius 3 is 2.44 bits per heavy atom. The summed E-state index contributed by atoms with van der Waals surface area (Å²) in [7, 11) is 0. The average Bonchev–Trinajstić information content (AvgIpc) is 3.76. The van der Waals surface area contributed by atoms with E-state index in [4.69, 9.17) is 21.8 Å². The number of pyridine rings is 1. The lowest BCUT2D eigenvalue weighted by molar-refractivity contribution is -0.136. The van der Waals surface area contributed by atoms with Gasteiger partial charge in [-0.05, 0) is 85.9 Å². The van der Waals surface area contributed by atoms with Gasteiger partial charge in [0.05, 0.1) is 16.6 Å². The molecule has 13 nitrogen and oxygen atoms in total. The molecule has 9 rings (SSSR count). The number of nitrogens with two attached hydrogens (primary N) is 1. The van der Waals surface area contributed by atoms with E-state index in [1.807, 2.05) is 23.0 Å². The van der Waals surface area contributed by atoms with E-state index in [0.29, 0.717) is 57.5 Å². The number of anilines is 2. The van der Waals surface area contributed by atoms with Crippen molar-refractivity contribution in [3.8, 4) is 11.1 Å². The van der Waals surface area contributed by atoms with Crippen molar-refractivity contribution in [3.63, 3.8) is 0 Å². The zero-order valence-electron chi connectivity index (χ0n) is 29.8. The third kappa shape index (κ3) is 6.38. The van der Waals surface area contributed by atoms with E-state index in [1.54, 1.807) is 35.4 Å². The number of halogens is 1. The summed E-state index contributed by atoms with van der Waals surface area (Å²) in [4.78, 5) is 61.3. The van der Waals surface area contributed by atoms with Crippen LogP contribution in [0.25, 0.3) is 33.2 Å². The largest absolute Gasteiger partial charge is 0.454 e. The van der Waals surface area contributed by atoms with Gasteiger partial charge in [-0.1, -0.05) is 17.7 Å². The Labute approximate surface area is 316 Å². The van der Waals surface area contributed by atoms with E-state index in [1.165, 1.54) is 12.8 Å². The number of piperazine rings is 1. The van der Waals surface area contributed by atoms with Crippen molar-refractivity contribution in [2.45, 2.75) is 57.7 Å². The third-order valence-corrected chi connectivity index (χ3v) is 12.1. The van der Waals surface area contributed by atoms with Crippen LogP contribution in [0.3, 0.4) is 0 Å². The molecule has 1 atom stereocenters. The number of nitrogens with zero attached hydrogens (tertiary/aromatic N) is 6. The third-order valence-electron chi connectivity index (χ3n) is 11.8. The van der Waals surface area contributed by atoms with Gasteiger partial charge in [0.2, 0.25) is 17.2 Å². The number of amides is 3. The number of benzene rings is 2. The number of fused-ring (bicyclic) bond motifs is 3. The van der Waals surface area contributed by atoms with Gasteiger partial charge in [-0.3, -0.25) is 34.1 Å². The van der Waals surface area contributed by atoms with Crippen LogP contribution < -0.4 is 21.4 Å². The van der Waals surface area contributed by atoms with Crippen LogP contribution in [-0.4, -0.2) is 81.1 Å². The standard InChI is InChI=1S/C40H41ClN8O5/c41-30-2-1-3-32-35(30)37(51)36-33(54-32)17-29(38(42)45-36)26-18-43-48(21-26)20-24-6-4-23(5-7-24)19-46-12-14-47(15-13-46)27-8-9-28-25(16-27)22-49(40(28)53)31-10-11-34(50)44-39(31)52/h1-3,8-9,16-18,21,23-24,31H,4-7,10-15,19-20,22H2,(H2,42,45)(H,44,50,52). The number of imide groups is 1. The van der Waals surface area contributed by atoms with Crippen LogP contribution in [0.2, 0.25) is 5.02 Å². The summed E-state index contributed by atoms with van der Waals surface area (Å²) in [6.07, 6.45) is 9.11. The minimum Gasteiger partial charge on any atom is -0.454 e. The quantitative estimate of drug-likeness (QED) is 0.174. The highest BCUT2D eigenvalue weighted by molar-refractivity contribution is 6.35. The maximum Gasteiger partial charge on any atom is 0.255 e. The first kappa shape index (κ1) is 34.5. The second-order valence-corrected chi connectivity index (χ2v) is 15.6. The van der Waals surface area contributed by atoms with Gasteiger partial charge in [-0.2, -0.15) is 5.10 Å². The molecule has 1 saturated carbocycles. The van der Waals surface area contributed by atoms with Crippen LogP contribution in [0, 0.1) is 11.8 Å². The van der Waals surface area contributed by atoms with Crippen molar-refractivity contribution in [1.29, 1.82) is 0 Å². The summed E-state index contributed by atoms with van der Waals surface area (Å²) in [6.45, 7) is 6.18. The van der Waals surface area contributed by atoms with Gasteiger partial charge in [0.25, 0.3) is 5.91 Å². The summed E-state index contributed by atoms with van der Waals surface area (Å²) in [5.41, 5.74) is 11.2. The molecule has 0 bridgehead atoms. The van der Waals surface area contributed by atoms with Gasteiger partial charge in [-0.15, -0.1) is 0 Å². The van der Waals surface area contributed by atoms with Gasteiger partial charge in [-0.25, -0.2) is 4.98 Å². The molecule has 5 aromatic rings. The fourth-order valence-corrected chi connectivity index (χ4v) is 9.05. The first-order valence-electron chi connectivity index (χ1n) is 18.8. The summed E-state index contributed by atoms with van der Waals surface area (Å²) in [6, 6.07) is 12.3. The molecule has 54 heavy (non-hydrogen) atoms. The second kappa shape index (κ2) is 13.9. The van der Waals surface area contributed by atoms with Gasteiger partial charge in [0.15, 0.2) is 11.1 Å². The SMILES string of the molecule is Nc1nc2c(=O)c3c(Cl)cccc3oc2cc1-c1cnn(CC2CCC(CN3CCN(c4ccc5c(c4)CN(C4CCC(=O)NC4=O)C5=O)CC3)CC2)c1. The summed E-state index contributed by atoms with van der Waals surface area (Å²) in [5, 5.41) is 7.64. The van der Waals surface area contributed by atoms with Gasteiger partial charge in [0.1, 0.15) is 17.4 Å². The molecule has 6 heterocycles. The Hall–Kier alpha value is -5.27. The summed E-state index contributed by atoms with van der Waals surface area (Å²) >= 11 is 6.27. The number of aromatic nitrogens is 3. The van der Waals surface area contributed by atoms with Gasteiger partial charge < -0.3 is 20.0 Å². The van der Waals surface area contributed by atoms with Crippen LogP contribution in [-0.2, 0) is 22.7 Å². The number of nitrogen functional groups attached to an aromatic ring is 1. The Morgan fingerprint density at radius 2 is 1.67 bits per heavy atom. The number of carbonyl (C=O) groups is 3. The number of carbonyl (C=O) groups excluding carboxylic acids is 3. The molecule has 3 aliphatic heterocycles. The number of hydrogen-bond donors (Lipinski definition) is 2. The minimum atomic E-state index is -0.599. The van der Waals surface area contributed by atoms with Crippen LogP contribution in [0.1, 0.15) is 54.4 Å². The minimum absolute atomic E-state index is 0.137. The Kier molecular flexibility index (Phi) is 8.85. The number of piperidine rings is 1. The van der Waals surface area contributed by atoms with Crippen molar-refractivity contribution in [2.24, 2.45) is 11.8 Å². The molecule has 0 radical (unpaired) electrons. The molecule has 1 unspecified atom stereocenters. The number of nitrogens with one attached hydrogen (secondary N) is 1. The highest BCUT2D eigenvalue weighted by Crippen LogP contribution is 2.34. The number of hydrogen-bond acceptors (Lipinski definition) is 10. The lowest BCUT2D eigenvalue weighted by Gasteiger charge is -2.39. The van der Waals surface area contributed by atoms with Crippen molar-refractivity contribution in [3.05, 3.63) is 81.2 Å². The van der Waals surface area contributed by atoms with Gasteiger partial charge >= 0.3 is 0 Å². The van der Waals surface area contributed by atoms with E-state index in [-0.39, 0.29) is 40.9 Å². The van der Waals surface area contributed by atoms with E-state index in [9.17, 15) is 19.2 Å². The lowest BCUT2D eigenvalue weighted by Crippen LogP contribution is -2.52. The Morgan fingerprint density at radius 1 is 0.889 bits per heavy atom. The predicted octanol–water partition coefficient (Wildman–Crippen LogP) is 4.83. The topological polar surface area (TPSA) is 160 Å². The normalized spacial score (nSPS) is 22.3. The average molecular weight is 749 g/mol. The van der Waals surface area contributed by atoms with Crippen LogP contribution in [0.5, 0.6) is 0 Å². The molecule has 1 aliphatic carbocycles. The molecule has 278 valence electrons. The molecular weight excluding hydrogens is 708 g/mol. The number of rotatable bonds is 7. The lowest BCUT2D eigenvalue weighted by atomic mass is 9.81. The van der Waals surface area contributed by atoms with Gasteiger partial charge in [0, 0.05) is 80.8 Å². The van der Waals surface area contributed by atoms with E-state index in [2.05, 4.69) is 31.3 Å². The maximum atomic E-state index is 13.1. The van der Waals surface area contributed by atoms with Crippen LogP contribution in [0.4, 0.5) is 11.5 Å². The summed E-state index contributed by atoms with van der Waals surface area (Å²) < 4.78 is 8.01. The maximum absolute atomic E-state index is 13.1.